The third-order valence-corrected chi connectivity index (χ3v) is 3.18. The highest BCUT2D eigenvalue weighted by Gasteiger charge is 2.21. The first-order valence-electron chi connectivity index (χ1n) is 5.89. The van der Waals surface area contributed by atoms with Crippen LogP contribution in [0.25, 0.3) is 5.69 Å². The van der Waals surface area contributed by atoms with Crippen molar-refractivity contribution in [2.24, 2.45) is 5.92 Å². The topological polar surface area (TPSA) is 49.8 Å². The van der Waals surface area contributed by atoms with Crippen molar-refractivity contribution >= 4 is 5.82 Å². The summed E-state index contributed by atoms with van der Waals surface area (Å²) in [6, 6.07) is 9.65. The van der Waals surface area contributed by atoms with Gasteiger partial charge in [0.05, 0.1) is 11.3 Å². The van der Waals surface area contributed by atoms with E-state index in [9.17, 15) is 4.79 Å². The van der Waals surface area contributed by atoms with Gasteiger partial charge in [-0.05, 0) is 24.5 Å². The zero-order valence-corrected chi connectivity index (χ0v) is 9.73. The molecule has 0 saturated heterocycles. The number of hydrogen-bond donors (Lipinski definition) is 2. The summed E-state index contributed by atoms with van der Waals surface area (Å²) in [6.07, 6.45) is 0.845. The Hall–Kier alpha value is -1.97. The molecule has 2 heterocycles. The molecule has 0 radical (unpaired) electrons. The lowest BCUT2D eigenvalue weighted by atomic mass is 10.00. The Kier molecular flexibility index (Phi) is 2.28. The van der Waals surface area contributed by atoms with Crippen molar-refractivity contribution in [1.82, 2.24) is 9.78 Å². The van der Waals surface area contributed by atoms with Gasteiger partial charge < -0.3 is 5.32 Å². The SMILES string of the molecule is CC1CNc2[nH]n(-c3ccccc3)c(=O)c2C1. The summed E-state index contributed by atoms with van der Waals surface area (Å²) < 4.78 is 1.61. The molecule has 2 N–H and O–H groups in total. The smallest absolute Gasteiger partial charge is 0.276 e. The molecule has 4 nitrogen and oxygen atoms in total. The monoisotopic (exact) mass is 229 g/mol. The molecule has 0 amide bonds. The first-order chi connectivity index (χ1) is 8.25. The molecule has 1 aliphatic heterocycles. The Morgan fingerprint density at radius 1 is 1.29 bits per heavy atom. The number of aromatic amines is 1. The van der Waals surface area contributed by atoms with Crippen LogP contribution in [0.3, 0.4) is 0 Å². The van der Waals surface area contributed by atoms with Crippen LogP contribution in [0.5, 0.6) is 0 Å². The number of para-hydroxylation sites is 1. The minimum absolute atomic E-state index is 0.0604. The van der Waals surface area contributed by atoms with Gasteiger partial charge in [-0.1, -0.05) is 25.1 Å². The summed E-state index contributed by atoms with van der Waals surface area (Å²) in [5.74, 6) is 1.38. The molecule has 4 heteroatoms. The molecule has 88 valence electrons. The number of benzene rings is 1. The van der Waals surface area contributed by atoms with E-state index in [2.05, 4.69) is 17.3 Å². The van der Waals surface area contributed by atoms with Crippen LogP contribution in [-0.2, 0) is 6.42 Å². The lowest BCUT2D eigenvalue weighted by Crippen LogP contribution is -2.24. The lowest BCUT2D eigenvalue weighted by Gasteiger charge is -2.18. The van der Waals surface area contributed by atoms with E-state index >= 15 is 0 Å². The van der Waals surface area contributed by atoms with Crippen LogP contribution < -0.4 is 10.9 Å². The average Bonchev–Trinajstić information content (AvgIpc) is 2.68. The molecule has 0 saturated carbocycles. The van der Waals surface area contributed by atoms with Gasteiger partial charge in [-0.15, -0.1) is 0 Å². The molecule has 1 unspecified atom stereocenters. The van der Waals surface area contributed by atoms with Crippen LogP contribution in [0.15, 0.2) is 35.1 Å². The number of hydrogen-bond acceptors (Lipinski definition) is 2. The van der Waals surface area contributed by atoms with Crippen LogP contribution in [0.2, 0.25) is 0 Å². The quantitative estimate of drug-likeness (QED) is 0.783. The van der Waals surface area contributed by atoms with Gasteiger partial charge in [-0.3, -0.25) is 9.89 Å². The molecule has 0 bridgehead atoms. The van der Waals surface area contributed by atoms with Crippen LogP contribution in [-0.4, -0.2) is 16.3 Å². The fraction of sp³-hybridized carbons (Fsp3) is 0.308. The summed E-state index contributed by atoms with van der Waals surface area (Å²) in [5.41, 5.74) is 1.80. The largest absolute Gasteiger partial charge is 0.370 e. The predicted octanol–water partition coefficient (Wildman–Crippen LogP) is 1.77. The molecule has 3 rings (SSSR count). The van der Waals surface area contributed by atoms with E-state index in [1.165, 1.54) is 0 Å². The highest BCUT2D eigenvalue weighted by atomic mass is 16.1. The van der Waals surface area contributed by atoms with E-state index in [1.54, 1.807) is 4.68 Å². The molecule has 1 aromatic carbocycles. The van der Waals surface area contributed by atoms with Gasteiger partial charge in [0.2, 0.25) is 0 Å². The Morgan fingerprint density at radius 3 is 2.82 bits per heavy atom. The van der Waals surface area contributed by atoms with Gasteiger partial charge in [0.25, 0.3) is 5.56 Å². The minimum Gasteiger partial charge on any atom is -0.370 e. The Labute approximate surface area is 99.3 Å². The minimum atomic E-state index is 0.0604. The van der Waals surface area contributed by atoms with E-state index in [0.717, 1.165) is 30.0 Å². The molecule has 0 fully saturated rings. The number of H-pyrrole nitrogens is 1. The highest BCUT2D eigenvalue weighted by Crippen LogP contribution is 2.20. The number of nitrogens with one attached hydrogen (secondary N) is 2. The summed E-state index contributed by atoms with van der Waals surface area (Å²) in [4.78, 5) is 12.3. The molecular weight excluding hydrogens is 214 g/mol. The van der Waals surface area contributed by atoms with Crippen LogP contribution >= 0.6 is 0 Å². The van der Waals surface area contributed by atoms with Crippen molar-refractivity contribution in [2.75, 3.05) is 11.9 Å². The van der Waals surface area contributed by atoms with Crippen molar-refractivity contribution in [3.8, 4) is 5.69 Å². The van der Waals surface area contributed by atoms with Gasteiger partial charge in [0.15, 0.2) is 0 Å². The first kappa shape index (κ1) is 10.2. The van der Waals surface area contributed by atoms with E-state index in [4.69, 9.17) is 0 Å². The zero-order valence-electron chi connectivity index (χ0n) is 9.73. The standard InChI is InChI=1S/C13H15N3O/c1-9-7-11-12(14-8-9)15-16(13(11)17)10-5-3-2-4-6-10/h2-6,9,14-15H,7-8H2,1H3. The second-order valence-electron chi connectivity index (χ2n) is 4.63. The zero-order chi connectivity index (χ0) is 11.8. The van der Waals surface area contributed by atoms with Crippen LogP contribution in [0.1, 0.15) is 12.5 Å². The number of rotatable bonds is 1. The Bertz CT molecular complexity index is 582. The van der Waals surface area contributed by atoms with E-state index in [-0.39, 0.29) is 5.56 Å². The maximum Gasteiger partial charge on any atom is 0.276 e. The van der Waals surface area contributed by atoms with Crippen molar-refractivity contribution < 1.29 is 0 Å². The number of anilines is 1. The maximum absolute atomic E-state index is 12.3. The summed E-state index contributed by atoms with van der Waals surface area (Å²) in [5, 5.41) is 6.40. The van der Waals surface area contributed by atoms with Gasteiger partial charge in [0.1, 0.15) is 5.82 Å². The van der Waals surface area contributed by atoms with Gasteiger partial charge in [-0.25, -0.2) is 4.68 Å². The van der Waals surface area contributed by atoms with Gasteiger partial charge in [-0.2, -0.15) is 0 Å². The summed E-state index contributed by atoms with van der Waals surface area (Å²) >= 11 is 0. The molecule has 1 atom stereocenters. The Balaban J connectivity index is 2.12. The fourth-order valence-corrected chi connectivity index (χ4v) is 2.26. The summed E-state index contributed by atoms with van der Waals surface area (Å²) in [7, 11) is 0. The van der Waals surface area contributed by atoms with Gasteiger partial charge >= 0.3 is 0 Å². The lowest BCUT2D eigenvalue weighted by molar-refractivity contribution is 0.592. The number of aromatic nitrogens is 2. The fourth-order valence-electron chi connectivity index (χ4n) is 2.26. The van der Waals surface area contributed by atoms with Crippen LogP contribution in [0, 0.1) is 5.92 Å². The van der Waals surface area contributed by atoms with E-state index in [1.807, 2.05) is 30.3 Å². The predicted molar refractivity (Wildman–Crippen MR) is 67.7 cm³/mol. The molecule has 2 aromatic rings. The third kappa shape index (κ3) is 1.65. The molecule has 17 heavy (non-hydrogen) atoms. The van der Waals surface area contributed by atoms with E-state index in [0.29, 0.717) is 5.92 Å². The third-order valence-electron chi connectivity index (χ3n) is 3.18. The van der Waals surface area contributed by atoms with Crippen molar-refractivity contribution in [3.05, 3.63) is 46.2 Å². The van der Waals surface area contributed by atoms with Gasteiger partial charge in [0, 0.05) is 6.54 Å². The Morgan fingerprint density at radius 2 is 2.06 bits per heavy atom. The molecule has 1 aromatic heterocycles. The molecule has 0 spiro atoms. The van der Waals surface area contributed by atoms with Crippen molar-refractivity contribution in [3.63, 3.8) is 0 Å². The highest BCUT2D eigenvalue weighted by molar-refractivity contribution is 5.47. The maximum atomic E-state index is 12.3. The first-order valence-corrected chi connectivity index (χ1v) is 5.89. The second kappa shape index (κ2) is 3.80. The van der Waals surface area contributed by atoms with Crippen molar-refractivity contribution in [1.29, 1.82) is 0 Å². The second-order valence-corrected chi connectivity index (χ2v) is 4.63. The number of fused-ring (bicyclic) bond motifs is 1. The molecule has 0 aliphatic carbocycles. The van der Waals surface area contributed by atoms with E-state index < -0.39 is 0 Å². The van der Waals surface area contributed by atoms with Crippen molar-refractivity contribution in [2.45, 2.75) is 13.3 Å². The summed E-state index contributed by atoms with van der Waals surface area (Å²) in [6.45, 7) is 3.07. The normalized spacial score (nSPS) is 18.5. The average molecular weight is 229 g/mol. The molecule has 1 aliphatic rings. The van der Waals surface area contributed by atoms with Crippen LogP contribution in [0.4, 0.5) is 5.82 Å². The number of nitrogens with zero attached hydrogens (tertiary/aromatic N) is 1. The molecular formula is C13H15N3O.